The maximum atomic E-state index is 13.8. The van der Waals surface area contributed by atoms with Crippen LogP contribution in [-0.2, 0) is 0 Å². The maximum absolute atomic E-state index is 13.8. The molecule has 0 bridgehead atoms. The quantitative estimate of drug-likeness (QED) is 0.418. The van der Waals surface area contributed by atoms with Gasteiger partial charge >= 0.3 is 5.97 Å². The standard InChI is InChI=1S/C22H14Cl2FN3O2/c1-12-4-2-3-5-15(12)21-27-19(22(29)30)20(13-6-7-17(25)16(24)10-13)28(21)18-11-14(23)8-9-26-18/h2-11H,1H3,(H,29,30). The van der Waals surface area contributed by atoms with Crippen molar-refractivity contribution < 1.29 is 14.3 Å². The van der Waals surface area contributed by atoms with Gasteiger partial charge in [-0.3, -0.25) is 4.57 Å². The molecule has 0 radical (unpaired) electrons. The van der Waals surface area contributed by atoms with Crippen LogP contribution in [-0.4, -0.2) is 25.6 Å². The van der Waals surface area contributed by atoms with Crippen LogP contribution in [0.2, 0.25) is 10.0 Å². The number of hydrogen-bond donors (Lipinski definition) is 1. The molecule has 0 saturated heterocycles. The van der Waals surface area contributed by atoms with Gasteiger partial charge in [0.25, 0.3) is 0 Å². The number of aromatic nitrogens is 3. The molecule has 0 aliphatic rings. The zero-order chi connectivity index (χ0) is 21.4. The van der Waals surface area contributed by atoms with Crippen molar-refractivity contribution in [1.82, 2.24) is 14.5 Å². The maximum Gasteiger partial charge on any atom is 0.356 e. The van der Waals surface area contributed by atoms with Crippen molar-refractivity contribution >= 4 is 29.2 Å². The number of nitrogens with zero attached hydrogens (tertiary/aromatic N) is 3. The predicted molar refractivity (Wildman–Crippen MR) is 114 cm³/mol. The molecule has 4 aromatic rings. The van der Waals surface area contributed by atoms with Crippen molar-refractivity contribution in [2.45, 2.75) is 6.92 Å². The van der Waals surface area contributed by atoms with Gasteiger partial charge < -0.3 is 5.11 Å². The summed E-state index contributed by atoms with van der Waals surface area (Å²) in [4.78, 5) is 20.9. The lowest BCUT2D eigenvalue weighted by Gasteiger charge is -2.13. The summed E-state index contributed by atoms with van der Waals surface area (Å²) in [6, 6.07) is 14.7. The summed E-state index contributed by atoms with van der Waals surface area (Å²) in [7, 11) is 0. The molecule has 0 unspecified atom stereocenters. The molecule has 30 heavy (non-hydrogen) atoms. The Balaban J connectivity index is 2.13. The number of aromatic carboxylic acids is 1. The van der Waals surface area contributed by atoms with Gasteiger partial charge in [-0.1, -0.05) is 47.5 Å². The Labute approximate surface area is 181 Å². The smallest absolute Gasteiger partial charge is 0.356 e. The van der Waals surface area contributed by atoms with Crippen molar-refractivity contribution in [3.05, 3.63) is 87.9 Å². The third-order valence-electron chi connectivity index (χ3n) is 4.60. The number of imidazole rings is 1. The number of halogens is 3. The fourth-order valence-corrected chi connectivity index (χ4v) is 3.56. The van der Waals surface area contributed by atoms with Gasteiger partial charge in [0.15, 0.2) is 5.69 Å². The molecule has 1 N–H and O–H groups in total. The first-order chi connectivity index (χ1) is 14.4. The highest BCUT2D eigenvalue weighted by Crippen LogP contribution is 2.36. The van der Waals surface area contributed by atoms with Crippen LogP contribution < -0.4 is 0 Å². The molecule has 8 heteroatoms. The van der Waals surface area contributed by atoms with Crippen molar-refractivity contribution in [3.63, 3.8) is 0 Å². The number of aryl methyl sites for hydroxylation is 1. The van der Waals surface area contributed by atoms with Gasteiger partial charge in [-0.2, -0.15) is 0 Å². The molecule has 0 fully saturated rings. The summed E-state index contributed by atoms with van der Waals surface area (Å²) in [5.74, 6) is -1.10. The average molecular weight is 442 g/mol. The van der Waals surface area contributed by atoms with Crippen LogP contribution in [0.5, 0.6) is 0 Å². The van der Waals surface area contributed by atoms with Crippen LogP contribution in [0.25, 0.3) is 28.5 Å². The lowest BCUT2D eigenvalue weighted by atomic mass is 10.1. The van der Waals surface area contributed by atoms with E-state index in [-0.39, 0.29) is 16.4 Å². The normalized spacial score (nSPS) is 10.9. The number of carboxylic acid groups (broad SMARTS) is 1. The molecule has 0 aliphatic heterocycles. The van der Waals surface area contributed by atoms with Gasteiger partial charge in [0.05, 0.1) is 10.7 Å². The summed E-state index contributed by atoms with van der Waals surface area (Å²) < 4.78 is 15.4. The Morgan fingerprint density at radius 1 is 1.10 bits per heavy atom. The topological polar surface area (TPSA) is 68.0 Å². The monoisotopic (exact) mass is 441 g/mol. The Kier molecular flexibility index (Phi) is 5.28. The van der Waals surface area contributed by atoms with E-state index in [1.54, 1.807) is 16.7 Å². The Morgan fingerprint density at radius 2 is 1.87 bits per heavy atom. The van der Waals surface area contributed by atoms with Crippen molar-refractivity contribution in [3.8, 4) is 28.5 Å². The number of rotatable bonds is 4. The highest BCUT2D eigenvalue weighted by atomic mass is 35.5. The van der Waals surface area contributed by atoms with E-state index >= 15 is 0 Å². The van der Waals surface area contributed by atoms with E-state index in [0.717, 1.165) is 11.1 Å². The third-order valence-corrected chi connectivity index (χ3v) is 5.12. The fourth-order valence-electron chi connectivity index (χ4n) is 3.22. The van der Waals surface area contributed by atoms with Crippen LogP contribution in [0.1, 0.15) is 16.1 Å². The molecule has 0 amide bonds. The first-order valence-electron chi connectivity index (χ1n) is 8.86. The van der Waals surface area contributed by atoms with Crippen LogP contribution in [0, 0.1) is 12.7 Å². The number of carbonyl (C=O) groups is 1. The summed E-state index contributed by atoms with van der Waals surface area (Å²) in [6.45, 7) is 1.90. The van der Waals surface area contributed by atoms with Crippen LogP contribution in [0.3, 0.4) is 0 Å². The van der Waals surface area contributed by atoms with Gasteiger partial charge in [-0.05, 0) is 36.8 Å². The summed E-state index contributed by atoms with van der Waals surface area (Å²) >= 11 is 12.2. The Morgan fingerprint density at radius 3 is 2.53 bits per heavy atom. The van der Waals surface area contributed by atoms with Crippen molar-refractivity contribution in [1.29, 1.82) is 0 Å². The summed E-state index contributed by atoms with van der Waals surface area (Å²) in [5.41, 5.74) is 2.01. The number of pyridine rings is 1. The zero-order valence-electron chi connectivity index (χ0n) is 15.6. The fraction of sp³-hybridized carbons (Fsp3) is 0.0455. The number of benzene rings is 2. The van der Waals surface area contributed by atoms with Crippen LogP contribution in [0.4, 0.5) is 4.39 Å². The van der Waals surface area contributed by atoms with Gasteiger partial charge in [-0.15, -0.1) is 0 Å². The minimum absolute atomic E-state index is 0.131. The second-order valence-electron chi connectivity index (χ2n) is 6.55. The molecule has 150 valence electrons. The van der Waals surface area contributed by atoms with Gasteiger partial charge in [-0.25, -0.2) is 19.2 Å². The minimum atomic E-state index is -1.24. The highest BCUT2D eigenvalue weighted by molar-refractivity contribution is 6.31. The molecule has 0 atom stereocenters. The van der Waals surface area contributed by atoms with E-state index in [9.17, 15) is 14.3 Å². The number of carboxylic acids is 1. The Hall–Kier alpha value is -3.22. The van der Waals surface area contributed by atoms with E-state index in [2.05, 4.69) is 9.97 Å². The van der Waals surface area contributed by atoms with E-state index in [1.807, 2.05) is 31.2 Å². The van der Waals surface area contributed by atoms with Crippen LogP contribution >= 0.6 is 23.2 Å². The molecule has 4 rings (SSSR count). The van der Waals surface area contributed by atoms with Gasteiger partial charge in [0.1, 0.15) is 17.5 Å². The molecule has 0 spiro atoms. The summed E-state index contributed by atoms with van der Waals surface area (Å²) in [6.07, 6.45) is 1.52. The molecular formula is C22H14Cl2FN3O2. The second kappa shape index (κ2) is 7.89. The lowest BCUT2D eigenvalue weighted by molar-refractivity contribution is 0.0692. The van der Waals surface area contributed by atoms with Crippen LogP contribution in [0.15, 0.2) is 60.8 Å². The largest absolute Gasteiger partial charge is 0.476 e. The highest BCUT2D eigenvalue weighted by Gasteiger charge is 2.27. The average Bonchev–Trinajstić information content (AvgIpc) is 3.11. The SMILES string of the molecule is Cc1ccccc1-c1nc(C(=O)O)c(-c2ccc(F)c(Cl)c2)n1-c1cc(Cl)ccn1. The summed E-state index contributed by atoms with van der Waals surface area (Å²) in [5, 5.41) is 10.2. The Bertz CT molecular complexity index is 1290. The molecule has 5 nitrogen and oxygen atoms in total. The van der Waals surface area contributed by atoms with E-state index in [4.69, 9.17) is 23.2 Å². The molecule has 2 aromatic heterocycles. The third kappa shape index (κ3) is 3.56. The molecule has 0 aliphatic carbocycles. The molecule has 2 heterocycles. The second-order valence-corrected chi connectivity index (χ2v) is 7.39. The van der Waals surface area contributed by atoms with E-state index in [0.29, 0.717) is 22.2 Å². The molecule has 2 aromatic carbocycles. The lowest BCUT2D eigenvalue weighted by Crippen LogP contribution is -2.05. The molecular weight excluding hydrogens is 428 g/mol. The van der Waals surface area contributed by atoms with Crippen molar-refractivity contribution in [2.75, 3.05) is 0 Å². The molecule has 0 saturated carbocycles. The predicted octanol–water partition coefficient (Wildman–Crippen LogP) is 6.05. The minimum Gasteiger partial charge on any atom is -0.476 e. The van der Waals surface area contributed by atoms with Crippen molar-refractivity contribution in [2.24, 2.45) is 0 Å². The first-order valence-corrected chi connectivity index (χ1v) is 9.62. The first kappa shape index (κ1) is 20.1. The van der Waals surface area contributed by atoms with E-state index < -0.39 is 11.8 Å². The number of hydrogen-bond acceptors (Lipinski definition) is 3. The van der Waals surface area contributed by atoms with Gasteiger partial charge in [0.2, 0.25) is 0 Å². The zero-order valence-corrected chi connectivity index (χ0v) is 17.1. The van der Waals surface area contributed by atoms with E-state index in [1.165, 1.54) is 24.4 Å². The van der Waals surface area contributed by atoms with Gasteiger partial charge in [0, 0.05) is 28.4 Å².